The van der Waals surface area contributed by atoms with Crippen LogP contribution in [0.25, 0.3) is 0 Å². The van der Waals surface area contributed by atoms with Gasteiger partial charge in [-0.15, -0.1) is 0 Å². The van der Waals surface area contributed by atoms with Crippen molar-refractivity contribution in [2.75, 3.05) is 19.6 Å². The summed E-state index contributed by atoms with van der Waals surface area (Å²) in [5.41, 5.74) is -1.49. The Morgan fingerprint density at radius 1 is 1.42 bits per heavy atom. The Morgan fingerprint density at radius 2 is 2.04 bits per heavy atom. The number of hydrogen-bond acceptors (Lipinski definition) is 3. The Bertz CT molecular complexity index is 566. The van der Waals surface area contributed by atoms with Crippen LogP contribution >= 0.6 is 0 Å². The summed E-state index contributed by atoms with van der Waals surface area (Å²) in [6.45, 7) is 10.6. The smallest absolute Gasteiger partial charge is 0.256 e. The molecule has 0 bridgehead atoms. The highest BCUT2D eigenvalue weighted by Crippen LogP contribution is 2.23. The predicted octanol–water partition coefficient (Wildman–Crippen LogP) is 2.52. The zero-order valence-corrected chi connectivity index (χ0v) is 15.1. The Kier molecular flexibility index (Phi) is 5.99. The monoisotopic (exact) mass is 336 g/mol. The van der Waals surface area contributed by atoms with E-state index in [0.29, 0.717) is 11.8 Å². The van der Waals surface area contributed by atoms with Crippen LogP contribution in [0, 0.1) is 17.7 Å². The minimum atomic E-state index is -1.75. The van der Waals surface area contributed by atoms with Gasteiger partial charge in [-0.2, -0.15) is 0 Å². The standard InChI is InChI=1S/C19H29FN2O2/c1-13-8-14(2)11-22(10-13)12-15(3)21-18(23)19(4,24)16-6-5-7-17(20)9-16/h5-7,9,13-15,24H,8,10-12H2,1-4H3,(H,21,23). The Morgan fingerprint density at radius 3 is 2.62 bits per heavy atom. The summed E-state index contributed by atoms with van der Waals surface area (Å²) < 4.78 is 13.4. The highest BCUT2D eigenvalue weighted by Gasteiger charge is 2.34. The molecule has 1 aromatic rings. The molecule has 4 nitrogen and oxygen atoms in total. The van der Waals surface area contributed by atoms with Gasteiger partial charge in [0.2, 0.25) is 0 Å². The summed E-state index contributed by atoms with van der Waals surface area (Å²) >= 11 is 0. The summed E-state index contributed by atoms with van der Waals surface area (Å²) in [5.74, 6) is 0.350. The van der Waals surface area contributed by atoms with Crippen LogP contribution in [-0.2, 0) is 10.4 Å². The molecule has 4 atom stereocenters. The van der Waals surface area contributed by atoms with Crippen LogP contribution in [0.1, 0.15) is 39.7 Å². The number of aliphatic hydroxyl groups is 1. The van der Waals surface area contributed by atoms with Gasteiger partial charge < -0.3 is 15.3 Å². The lowest BCUT2D eigenvalue weighted by molar-refractivity contribution is -0.139. The normalized spacial score (nSPS) is 25.8. The molecule has 0 aliphatic carbocycles. The van der Waals surface area contributed by atoms with Crippen molar-refractivity contribution in [1.82, 2.24) is 10.2 Å². The van der Waals surface area contributed by atoms with Crippen LogP contribution < -0.4 is 5.32 Å². The Balaban J connectivity index is 1.95. The van der Waals surface area contributed by atoms with E-state index in [9.17, 15) is 14.3 Å². The number of hydrogen-bond donors (Lipinski definition) is 2. The van der Waals surface area contributed by atoms with E-state index >= 15 is 0 Å². The second-order valence-corrected chi connectivity index (χ2v) is 7.62. The maximum Gasteiger partial charge on any atom is 0.256 e. The fourth-order valence-electron chi connectivity index (χ4n) is 3.66. The molecule has 24 heavy (non-hydrogen) atoms. The molecule has 0 saturated carbocycles. The van der Waals surface area contributed by atoms with E-state index < -0.39 is 17.3 Å². The van der Waals surface area contributed by atoms with Crippen molar-refractivity contribution in [3.05, 3.63) is 35.6 Å². The van der Waals surface area contributed by atoms with Gasteiger partial charge in [-0.1, -0.05) is 26.0 Å². The van der Waals surface area contributed by atoms with Crippen LogP contribution in [-0.4, -0.2) is 41.6 Å². The van der Waals surface area contributed by atoms with Gasteiger partial charge in [0.05, 0.1) is 0 Å². The third-order valence-corrected chi connectivity index (χ3v) is 4.68. The number of benzene rings is 1. The second-order valence-electron chi connectivity index (χ2n) is 7.62. The SMILES string of the molecule is CC1CC(C)CN(CC(C)NC(=O)C(C)(O)c2cccc(F)c2)C1. The first-order valence-electron chi connectivity index (χ1n) is 8.70. The minimum absolute atomic E-state index is 0.0879. The van der Waals surface area contributed by atoms with Gasteiger partial charge in [-0.3, -0.25) is 4.79 Å². The largest absolute Gasteiger partial charge is 0.376 e. The molecule has 0 radical (unpaired) electrons. The van der Waals surface area contributed by atoms with E-state index in [-0.39, 0.29) is 11.6 Å². The van der Waals surface area contributed by atoms with Gasteiger partial charge in [0, 0.05) is 25.7 Å². The molecule has 1 aromatic carbocycles. The summed E-state index contributed by atoms with van der Waals surface area (Å²) in [6.07, 6.45) is 1.24. The molecule has 1 saturated heterocycles. The lowest BCUT2D eigenvalue weighted by Gasteiger charge is -2.37. The van der Waals surface area contributed by atoms with E-state index in [1.165, 1.54) is 31.5 Å². The summed E-state index contributed by atoms with van der Waals surface area (Å²) in [4.78, 5) is 14.8. The lowest BCUT2D eigenvalue weighted by atomic mass is 9.91. The molecule has 4 unspecified atom stereocenters. The topological polar surface area (TPSA) is 52.6 Å². The molecule has 134 valence electrons. The van der Waals surface area contributed by atoms with Gasteiger partial charge in [-0.05, 0) is 49.8 Å². The Labute approximate surface area is 144 Å². The van der Waals surface area contributed by atoms with Gasteiger partial charge in [-0.25, -0.2) is 4.39 Å². The van der Waals surface area contributed by atoms with Gasteiger partial charge in [0.15, 0.2) is 5.60 Å². The Hall–Kier alpha value is -1.46. The van der Waals surface area contributed by atoms with E-state index in [1.807, 2.05) is 6.92 Å². The molecule has 5 heteroatoms. The van der Waals surface area contributed by atoms with E-state index in [0.717, 1.165) is 19.6 Å². The second kappa shape index (κ2) is 7.62. The highest BCUT2D eigenvalue weighted by atomic mass is 19.1. The van der Waals surface area contributed by atoms with E-state index in [1.54, 1.807) is 6.07 Å². The van der Waals surface area contributed by atoms with E-state index in [2.05, 4.69) is 24.1 Å². The average Bonchev–Trinajstić information content (AvgIpc) is 2.45. The molecule has 0 aromatic heterocycles. The quantitative estimate of drug-likeness (QED) is 0.869. The number of rotatable bonds is 5. The molecule has 1 heterocycles. The zero-order valence-electron chi connectivity index (χ0n) is 15.1. The molecular formula is C19H29FN2O2. The third-order valence-electron chi connectivity index (χ3n) is 4.68. The minimum Gasteiger partial charge on any atom is -0.376 e. The van der Waals surface area contributed by atoms with Crippen molar-refractivity contribution in [3.63, 3.8) is 0 Å². The van der Waals surface area contributed by atoms with Crippen LogP contribution in [0.5, 0.6) is 0 Å². The predicted molar refractivity (Wildman–Crippen MR) is 93.0 cm³/mol. The molecule has 1 aliphatic rings. The first kappa shape index (κ1) is 18.9. The number of carbonyl (C=O) groups excluding carboxylic acids is 1. The van der Waals surface area contributed by atoms with Crippen molar-refractivity contribution in [1.29, 1.82) is 0 Å². The summed E-state index contributed by atoms with van der Waals surface area (Å²) in [5, 5.41) is 13.4. The van der Waals surface area contributed by atoms with Crippen LogP contribution in [0.2, 0.25) is 0 Å². The number of amides is 1. The van der Waals surface area contributed by atoms with Crippen molar-refractivity contribution < 1.29 is 14.3 Å². The van der Waals surface area contributed by atoms with Gasteiger partial charge in [0.1, 0.15) is 5.82 Å². The van der Waals surface area contributed by atoms with Crippen molar-refractivity contribution in [3.8, 4) is 0 Å². The fourth-order valence-corrected chi connectivity index (χ4v) is 3.66. The maximum atomic E-state index is 13.4. The van der Waals surface area contributed by atoms with Crippen LogP contribution in [0.4, 0.5) is 4.39 Å². The van der Waals surface area contributed by atoms with Crippen molar-refractivity contribution in [2.24, 2.45) is 11.8 Å². The fraction of sp³-hybridized carbons (Fsp3) is 0.632. The molecule has 1 aliphatic heterocycles. The van der Waals surface area contributed by atoms with Crippen LogP contribution in [0.3, 0.4) is 0 Å². The molecule has 2 N–H and O–H groups in total. The van der Waals surface area contributed by atoms with E-state index in [4.69, 9.17) is 0 Å². The number of likely N-dealkylation sites (tertiary alicyclic amines) is 1. The van der Waals surface area contributed by atoms with Crippen molar-refractivity contribution in [2.45, 2.75) is 45.8 Å². The molecular weight excluding hydrogens is 307 g/mol. The molecule has 0 spiro atoms. The molecule has 1 fully saturated rings. The van der Waals surface area contributed by atoms with Crippen LogP contribution in [0.15, 0.2) is 24.3 Å². The third kappa shape index (κ3) is 4.77. The zero-order chi connectivity index (χ0) is 17.9. The first-order chi connectivity index (χ1) is 11.2. The van der Waals surface area contributed by atoms with Gasteiger partial charge >= 0.3 is 0 Å². The van der Waals surface area contributed by atoms with Gasteiger partial charge in [0.25, 0.3) is 5.91 Å². The number of nitrogens with one attached hydrogen (secondary N) is 1. The average molecular weight is 336 g/mol. The lowest BCUT2D eigenvalue weighted by Crippen LogP contribution is -2.51. The highest BCUT2D eigenvalue weighted by molar-refractivity contribution is 5.86. The molecule has 2 rings (SSSR count). The number of carbonyl (C=O) groups is 1. The maximum absolute atomic E-state index is 13.4. The number of piperidine rings is 1. The summed E-state index contributed by atoms with van der Waals surface area (Å²) in [6, 6.07) is 5.44. The number of nitrogens with zero attached hydrogens (tertiary/aromatic N) is 1. The molecule has 1 amide bonds. The van der Waals surface area contributed by atoms with Crippen molar-refractivity contribution >= 4 is 5.91 Å². The number of halogens is 1. The first-order valence-corrected chi connectivity index (χ1v) is 8.70. The summed E-state index contributed by atoms with van der Waals surface area (Å²) in [7, 11) is 0.